The Morgan fingerprint density at radius 2 is 1.89 bits per heavy atom. The van der Waals surface area contributed by atoms with E-state index in [1.54, 1.807) is 32.4 Å². The number of carbonyl (C=O) groups is 3. The van der Waals surface area contributed by atoms with Gasteiger partial charge in [0.25, 0.3) is 5.91 Å². The lowest BCUT2D eigenvalue weighted by Gasteiger charge is -2.27. The van der Waals surface area contributed by atoms with Crippen LogP contribution in [0.4, 0.5) is 14.9 Å². The minimum atomic E-state index is -0.631. The summed E-state index contributed by atoms with van der Waals surface area (Å²) in [5, 5.41) is 14.5. The van der Waals surface area contributed by atoms with Crippen molar-refractivity contribution >= 4 is 52.4 Å². The van der Waals surface area contributed by atoms with Gasteiger partial charge in [-0.3, -0.25) is 9.59 Å². The van der Waals surface area contributed by atoms with E-state index < -0.39 is 11.7 Å². The Morgan fingerprint density at radius 3 is 2.61 bits per heavy atom. The van der Waals surface area contributed by atoms with Crippen LogP contribution in [0.1, 0.15) is 36.4 Å². The molecule has 46 heavy (non-hydrogen) atoms. The van der Waals surface area contributed by atoms with E-state index in [0.29, 0.717) is 35.7 Å². The molecule has 6 rings (SSSR count). The maximum Gasteiger partial charge on any atom is 0.340 e. The highest BCUT2D eigenvalue weighted by Gasteiger charge is 2.31. The number of benzene rings is 2. The van der Waals surface area contributed by atoms with E-state index in [9.17, 15) is 14.4 Å². The molecule has 3 heterocycles. The normalized spacial score (nSPS) is 19.2. The molecule has 2 aliphatic heterocycles. The summed E-state index contributed by atoms with van der Waals surface area (Å²) in [6.07, 6.45) is 2.99. The van der Waals surface area contributed by atoms with Gasteiger partial charge in [-0.15, -0.1) is 0 Å². The van der Waals surface area contributed by atoms with Gasteiger partial charge in [0.1, 0.15) is 11.5 Å². The fourth-order valence-corrected chi connectivity index (χ4v) is 6.76. The van der Waals surface area contributed by atoms with Gasteiger partial charge in [0.05, 0.1) is 35.1 Å². The largest absolute Gasteiger partial charge is 0.481 e. The first-order valence-corrected chi connectivity index (χ1v) is 15.6. The van der Waals surface area contributed by atoms with Crippen LogP contribution in [0, 0.1) is 5.82 Å². The van der Waals surface area contributed by atoms with E-state index in [1.807, 2.05) is 6.07 Å². The summed E-state index contributed by atoms with van der Waals surface area (Å²) < 4.78 is 21.2. The molecule has 3 N–H and O–H groups in total. The average molecular weight is 669 g/mol. The van der Waals surface area contributed by atoms with Crippen molar-refractivity contribution in [3.63, 3.8) is 0 Å². The molecule has 2 atom stereocenters. The Kier molecular flexibility index (Phi) is 8.86. The van der Waals surface area contributed by atoms with Crippen LogP contribution in [0.3, 0.4) is 0 Å². The number of methoxy groups -OCH3 is 1. The average Bonchev–Trinajstić information content (AvgIpc) is 3.65. The summed E-state index contributed by atoms with van der Waals surface area (Å²) in [4.78, 5) is 42.8. The lowest BCUT2D eigenvalue weighted by molar-refractivity contribution is -0.119. The Balaban J connectivity index is 1.29. The topological polar surface area (TPSA) is 128 Å². The van der Waals surface area contributed by atoms with Gasteiger partial charge < -0.3 is 25.6 Å². The molecule has 1 fully saturated rings. The van der Waals surface area contributed by atoms with E-state index in [1.165, 1.54) is 24.1 Å². The smallest absolute Gasteiger partial charge is 0.340 e. The fraction of sp³-hybridized carbons (Fsp3) is 0.344. The molecule has 1 aromatic heterocycles. The zero-order valence-electron chi connectivity index (χ0n) is 25.4. The molecule has 0 bridgehead atoms. The van der Waals surface area contributed by atoms with Crippen molar-refractivity contribution in [1.82, 2.24) is 25.5 Å². The number of hydrogen-bond donors (Lipinski definition) is 3. The fourth-order valence-electron chi connectivity index (χ4n) is 6.14. The third kappa shape index (κ3) is 6.00. The van der Waals surface area contributed by atoms with E-state index in [2.05, 4.69) is 21.1 Å². The van der Waals surface area contributed by atoms with E-state index in [0.717, 1.165) is 35.4 Å². The Bertz CT molecular complexity index is 1790. The second-order valence-electron chi connectivity index (χ2n) is 11.5. The van der Waals surface area contributed by atoms with Gasteiger partial charge in [0, 0.05) is 61.4 Å². The van der Waals surface area contributed by atoms with Gasteiger partial charge in [-0.1, -0.05) is 41.4 Å². The monoisotopic (exact) mass is 667 g/mol. The van der Waals surface area contributed by atoms with E-state index in [4.69, 9.17) is 32.9 Å². The van der Waals surface area contributed by atoms with Crippen molar-refractivity contribution in [1.29, 1.82) is 0 Å². The van der Waals surface area contributed by atoms with Gasteiger partial charge in [0.15, 0.2) is 0 Å². The van der Waals surface area contributed by atoms with E-state index in [-0.39, 0.29) is 57.6 Å². The number of urea groups is 1. The zero-order valence-corrected chi connectivity index (χ0v) is 26.9. The third-order valence-corrected chi connectivity index (χ3v) is 9.26. The highest BCUT2D eigenvalue weighted by atomic mass is 35.5. The molecule has 11 nitrogen and oxygen atoms in total. The third-order valence-electron chi connectivity index (χ3n) is 8.46. The molecule has 4 amide bonds. The van der Waals surface area contributed by atoms with Crippen LogP contribution >= 0.6 is 23.2 Å². The van der Waals surface area contributed by atoms with Crippen molar-refractivity contribution in [2.75, 3.05) is 39.6 Å². The summed E-state index contributed by atoms with van der Waals surface area (Å²) in [7, 11) is 4.57. The molecule has 240 valence electrons. The van der Waals surface area contributed by atoms with Gasteiger partial charge >= 0.3 is 6.03 Å². The standard InChI is InChI=1S/C32H32Cl2FN7O4/c1-41-15-24(40-42(2)32(41)45)30(44)38-22-11-9-20(35)27(29(22)34)19-6-4-5-18(28(19)33)23-13-16-7-10-21(26(16)31(39-23)46-3)36-14-17-8-12-25(43)37-17/h4-6,9,11,13,17,21,36H,7-8,10,12,14-15H2,1-3H3,(H,37,43)(H,38,44). The van der Waals surface area contributed by atoms with Crippen molar-refractivity contribution < 1.29 is 23.5 Å². The van der Waals surface area contributed by atoms with Crippen molar-refractivity contribution in [3.8, 4) is 28.3 Å². The lowest BCUT2D eigenvalue weighted by Crippen LogP contribution is -2.47. The number of amides is 4. The number of aryl methyl sites for hydroxylation is 1. The van der Waals surface area contributed by atoms with Crippen LogP contribution in [0.25, 0.3) is 22.4 Å². The molecule has 1 saturated heterocycles. The number of carbonyl (C=O) groups excluding carboxylic acids is 3. The second-order valence-corrected chi connectivity index (χ2v) is 12.3. The maximum absolute atomic E-state index is 15.4. The molecule has 3 aromatic rings. The molecule has 0 saturated carbocycles. The number of rotatable bonds is 8. The van der Waals surface area contributed by atoms with Gasteiger partial charge in [-0.05, 0) is 43.0 Å². The zero-order chi connectivity index (χ0) is 32.7. The number of anilines is 1. The number of nitrogens with zero attached hydrogens (tertiary/aromatic N) is 4. The molecule has 2 unspecified atom stereocenters. The number of hydrogen-bond acceptors (Lipinski definition) is 7. The molecular formula is C32H32Cl2FN7O4. The quantitative estimate of drug-likeness (QED) is 0.310. The molecule has 14 heteroatoms. The molecule has 1 aliphatic carbocycles. The summed E-state index contributed by atoms with van der Waals surface area (Å²) in [5.41, 5.74) is 3.73. The number of fused-ring (bicyclic) bond motifs is 1. The number of aromatic nitrogens is 1. The first-order valence-electron chi connectivity index (χ1n) is 14.8. The van der Waals surface area contributed by atoms with Crippen LogP contribution in [0.5, 0.6) is 5.88 Å². The van der Waals surface area contributed by atoms with Crippen LogP contribution in [-0.4, -0.2) is 78.8 Å². The maximum atomic E-state index is 15.4. The molecular weight excluding hydrogens is 636 g/mol. The minimum Gasteiger partial charge on any atom is -0.481 e. The SMILES string of the molecule is COc1nc(-c2cccc(-c3c(F)ccc(NC(=O)C4=NN(C)C(=O)N(C)C4)c3Cl)c2Cl)cc2c1C(NCC1CCC(=O)N1)CC2. The van der Waals surface area contributed by atoms with Crippen molar-refractivity contribution in [3.05, 3.63) is 63.4 Å². The number of nitrogens with one attached hydrogen (secondary N) is 3. The van der Waals surface area contributed by atoms with Gasteiger partial charge in [0.2, 0.25) is 11.8 Å². The summed E-state index contributed by atoms with van der Waals surface area (Å²) in [5.74, 6) is -0.667. The lowest BCUT2D eigenvalue weighted by atomic mass is 9.98. The van der Waals surface area contributed by atoms with Crippen molar-refractivity contribution in [2.24, 2.45) is 5.10 Å². The first-order chi connectivity index (χ1) is 22.0. The highest BCUT2D eigenvalue weighted by Crippen LogP contribution is 2.45. The summed E-state index contributed by atoms with van der Waals surface area (Å²) in [6, 6.07) is 9.48. The summed E-state index contributed by atoms with van der Waals surface area (Å²) >= 11 is 13.7. The Morgan fingerprint density at radius 1 is 1.11 bits per heavy atom. The van der Waals surface area contributed by atoms with E-state index >= 15 is 4.39 Å². The molecule has 2 aromatic carbocycles. The summed E-state index contributed by atoms with van der Waals surface area (Å²) in [6.45, 7) is 0.656. The number of ether oxygens (including phenoxy) is 1. The van der Waals surface area contributed by atoms with Crippen molar-refractivity contribution in [2.45, 2.75) is 37.8 Å². The molecule has 0 spiro atoms. The molecule has 3 aliphatic rings. The Hall–Kier alpha value is -4.26. The number of halogens is 3. The Labute approximate surface area is 275 Å². The van der Waals surface area contributed by atoms with Crippen LogP contribution in [0.2, 0.25) is 10.0 Å². The molecule has 0 radical (unpaired) electrons. The predicted molar refractivity (Wildman–Crippen MR) is 174 cm³/mol. The number of hydrazone groups is 1. The van der Waals surface area contributed by atoms with Gasteiger partial charge in [-0.2, -0.15) is 5.10 Å². The van der Waals surface area contributed by atoms with Crippen LogP contribution in [-0.2, 0) is 16.0 Å². The number of pyridine rings is 1. The van der Waals surface area contributed by atoms with Crippen LogP contribution in [0.15, 0.2) is 41.5 Å². The minimum absolute atomic E-state index is 0.00132. The van der Waals surface area contributed by atoms with Gasteiger partial charge in [-0.25, -0.2) is 19.2 Å². The van der Waals surface area contributed by atoms with Crippen LogP contribution < -0.4 is 20.7 Å². The predicted octanol–water partition coefficient (Wildman–Crippen LogP) is 5.02. The second kappa shape index (κ2) is 12.9. The first kappa shape index (κ1) is 31.7. The highest BCUT2D eigenvalue weighted by molar-refractivity contribution is 6.46.